The topological polar surface area (TPSA) is 12.5 Å². The summed E-state index contributed by atoms with van der Waals surface area (Å²) in [6.45, 7) is 9.19. The molecule has 1 heteroatoms. The van der Waals surface area contributed by atoms with Crippen LogP contribution in [0.3, 0.4) is 0 Å². The molecule has 0 spiro atoms. The third-order valence-electron chi connectivity index (χ3n) is 5.04. The molecule has 1 nitrogen and oxygen atoms in total. The highest BCUT2D eigenvalue weighted by molar-refractivity contribution is 5.09. The third kappa shape index (κ3) is 5.45. The molecule has 0 bridgehead atoms. The summed E-state index contributed by atoms with van der Waals surface area (Å²) in [4.78, 5) is 0. The van der Waals surface area contributed by atoms with Crippen molar-refractivity contribution in [2.75, 3.05) is 0 Å². The fourth-order valence-corrected chi connectivity index (χ4v) is 3.21. The largest absolute Gasteiger partial charge is 0.363 e. The van der Waals surface area contributed by atoms with Crippen molar-refractivity contribution in [3.8, 4) is 0 Å². The number of hydrogen-bond acceptors (Lipinski definition) is 1. The van der Waals surface area contributed by atoms with Gasteiger partial charge in [-0.1, -0.05) is 78.1 Å². The lowest BCUT2D eigenvalue weighted by atomic mass is 9.87. The average molecular weight is 268 g/mol. The Kier molecular flexibility index (Phi) is 7.42. The molecule has 1 aliphatic rings. The van der Waals surface area contributed by atoms with Gasteiger partial charge in [-0.2, -0.15) is 0 Å². The van der Waals surface area contributed by atoms with Gasteiger partial charge >= 0.3 is 0 Å². The quantitative estimate of drug-likeness (QED) is 0.301. The van der Waals surface area contributed by atoms with Gasteiger partial charge in [0.1, 0.15) is 0 Å². The molecule has 114 valence electrons. The molecule has 19 heavy (non-hydrogen) atoms. The Morgan fingerprint density at radius 1 is 0.579 bits per heavy atom. The summed E-state index contributed by atoms with van der Waals surface area (Å²) in [5.74, 6) is 0. The van der Waals surface area contributed by atoms with E-state index in [2.05, 4.69) is 27.7 Å². The van der Waals surface area contributed by atoms with Gasteiger partial charge in [0.2, 0.25) is 0 Å². The molecule has 0 saturated carbocycles. The smallest absolute Gasteiger partial charge is 0.0949 e. The summed E-state index contributed by atoms with van der Waals surface area (Å²) in [5.41, 5.74) is 0.397. The van der Waals surface area contributed by atoms with Gasteiger partial charge in [-0.05, 0) is 26.7 Å². The number of epoxide rings is 1. The molecule has 1 heterocycles. The first-order valence-electron chi connectivity index (χ1n) is 8.78. The maximum absolute atomic E-state index is 6.05. The average Bonchev–Trinajstić information content (AvgIpc) is 2.93. The molecule has 0 radical (unpaired) electrons. The fourth-order valence-electron chi connectivity index (χ4n) is 3.21. The van der Waals surface area contributed by atoms with E-state index < -0.39 is 0 Å². The molecule has 1 saturated heterocycles. The predicted molar refractivity (Wildman–Crippen MR) is 84.6 cm³/mol. The van der Waals surface area contributed by atoms with E-state index in [1.54, 1.807) is 0 Å². The maximum atomic E-state index is 6.05. The molecule has 0 N–H and O–H groups in total. The van der Waals surface area contributed by atoms with E-state index in [0.29, 0.717) is 0 Å². The minimum Gasteiger partial charge on any atom is -0.363 e. The number of hydrogen-bond donors (Lipinski definition) is 0. The monoisotopic (exact) mass is 268 g/mol. The van der Waals surface area contributed by atoms with E-state index >= 15 is 0 Å². The second-order valence-electron chi connectivity index (χ2n) is 6.89. The molecule has 2 atom stereocenters. The van der Waals surface area contributed by atoms with Gasteiger partial charge in [-0.25, -0.2) is 0 Å². The van der Waals surface area contributed by atoms with E-state index in [1.807, 2.05) is 0 Å². The van der Waals surface area contributed by atoms with E-state index in [9.17, 15) is 0 Å². The fraction of sp³-hybridized carbons (Fsp3) is 1.00. The van der Waals surface area contributed by atoms with Crippen LogP contribution in [0.2, 0.25) is 0 Å². The van der Waals surface area contributed by atoms with E-state index in [0.717, 1.165) is 0 Å². The highest BCUT2D eigenvalue weighted by Gasteiger charge is 2.61. The highest BCUT2D eigenvalue weighted by Crippen LogP contribution is 2.53. The molecular weight excluding hydrogens is 232 g/mol. The summed E-state index contributed by atoms with van der Waals surface area (Å²) in [6, 6.07) is 0. The number of unbranched alkanes of at least 4 members (excludes halogenated alkanes) is 8. The molecule has 1 fully saturated rings. The van der Waals surface area contributed by atoms with Crippen LogP contribution in [-0.2, 0) is 4.74 Å². The Morgan fingerprint density at radius 3 is 1.53 bits per heavy atom. The van der Waals surface area contributed by atoms with Gasteiger partial charge in [-0.15, -0.1) is 0 Å². The zero-order valence-corrected chi connectivity index (χ0v) is 13.9. The van der Waals surface area contributed by atoms with Crippen molar-refractivity contribution in [1.29, 1.82) is 0 Å². The lowest BCUT2D eigenvalue weighted by Crippen LogP contribution is -2.19. The van der Waals surface area contributed by atoms with Gasteiger partial charge in [0.05, 0.1) is 11.2 Å². The van der Waals surface area contributed by atoms with Crippen LogP contribution in [0, 0.1) is 0 Å². The van der Waals surface area contributed by atoms with Crippen molar-refractivity contribution < 1.29 is 4.74 Å². The van der Waals surface area contributed by atoms with Crippen LogP contribution in [0.4, 0.5) is 0 Å². The molecule has 0 aromatic heterocycles. The second kappa shape index (κ2) is 8.29. The summed E-state index contributed by atoms with van der Waals surface area (Å²) in [5, 5.41) is 0. The summed E-state index contributed by atoms with van der Waals surface area (Å²) in [6.07, 6.45) is 16.4. The third-order valence-corrected chi connectivity index (χ3v) is 5.04. The molecule has 1 rings (SSSR count). The van der Waals surface area contributed by atoms with Crippen LogP contribution in [-0.4, -0.2) is 11.2 Å². The van der Waals surface area contributed by atoms with Gasteiger partial charge in [0.25, 0.3) is 0 Å². The van der Waals surface area contributed by atoms with E-state index in [1.165, 1.54) is 77.0 Å². The lowest BCUT2D eigenvalue weighted by Gasteiger charge is -2.12. The van der Waals surface area contributed by atoms with Crippen molar-refractivity contribution in [3.63, 3.8) is 0 Å². The van der Waals surface area contributed by atoms with Crippen LogP contribution < -0.4 is 0 Å². The Hall–Kier alpha value is -0.0400. The lowest BCUT2D eigenvalue weighted by molar-refractivity contribution is 0.259. The number of rotatable bonds is 12. The predicted octanol–water partition coefficient (Wildman–Crippen LogP) is 6.26. The second-order valence-corrected chi connectivity index (χ2v) is 6.89. The van der Waals surface area contributed by atoms with Crippen molar-refractivity contribution in [2.45, 2.75) is 116 Å². The van der Waals surface area contributed by atoms with Crippen LogP contribution in [0.5, 0.6) is 0 Å². The minimum atomic E-state index is 0.199. The van der Waals surface area contributed by atoms with Gasteiger partial charge in [0, 0.05) is 0 Å². The first-order chi connectivity index (χ1) is 9.08. The maximum Gasteiger partial charge on any atom is 0.0949 e. The highest BCUT2D eigenvalue weighted by atomic mass is 16.6. The normalized spacial score (nSPS) is 29.7. The summed E-state index contributed by atoms with van der Waals surface area (Å²) >= 11 is 0. The molecule has 0 amide bonds. The Bertz CT molecular complexity index is 238. The van der Waals surface area contributed by atoms with Gasteiger partial charge < -0.3 is 4.74 Å². The van der Waals surface area contributed by atoms with Gasteiger partial charge in [0.15, 0.2) is 0 Å². The van der Waals surface area contributed by atoms with Gasteiger partial charge in [-0.3, -0.25) is 0 Å². The van der Waals surface area contributed by atoms with Crippen LogP contribution in [0.25, 0.3) is 0 Å². The molecule has 1 aliphatic heterocycles. The van der Waals surface area contributed by atoms with Crippen LogP contribution in [0.1, 0.15) is 105 Å². The molecule has 0 aromatic carbocycles. The van der Waals surface area contributed by atoms with E-state index in [4.69, 9.17) is 4.74 Å². The molecule has 0 aromatic rings. The zero-order valence-electron chi connectivity index (χ0n) is 13.9. The molecule has 0 aliphatic carbocycles. The molecular formula is C18H36O. The summed E-state index contributed by atoms with van der Waals surface area (Å²) in [7, 11) is 0. The Balaban J connectivity index is 1.98. The van der Waals surface area contributed by atoms with Crippen molar-refractivity contribution >= 4 is 0 Å². The molecule has 2 unspecified atom stereocenters. The Morgan fingerprint density at radius 2 is 1.00 bits per heavy atom. The first kappa shape index (κ1) is 17.0. The SMILES string of the molecule is CCCCCCCCCCC1(C)OC1(C)CCCC. The first-order valence-corrected chi connectivity index (χ1v) is 8.78. The minimum absolute atomic E-state index is 0.199. The van der Waals surface area contributed by atoms with Crippen LogP contribution in [0.15, 0.2) is 0 Å². The number of ether oxygens (including phenoxy) is 1. The van der Waals surface area contributed by atoms with Crippen molar-refractivity contribution in [3.05, 3.63) is 0 Å². The van der Waals surface area contributed by atoms with Crippen molar-refractivity contribution in [2.24, 2.45) is 0 Å². The Labute approximate surface area is 121 Å². The standard InChI is InChI=1S/C18H36O/c1-5-7-9-10-11-12-13-14-16-18(4)17(3,19-18)15-8-6-2/h5-16H2,1-4H3. The van der Waals surface area contributed by atoms with Crippen LogP contribution >= 0.6 is 0 Å². The zero-order chi connectivity index (χ0) is 14.2. The van der Waals surface area contributed by atoms with E-state index in [-0.39, 0.29) is 11.2 Å². The van der Waals surface area contributed by atoms with Crippen molar-refractivity contribution in [1.82, 2.24) is 0 Å². The summed E-state index contributed by atoms with van der Waals surface area (Å²) < 4.78 is 6.05.